The molecule has 11 heavy (non-hydrogen) atoms. The number of hydrogen-bond donors (Lipinski definition) is 1. The van der Waals surface area contributed by atoms with Crippen LogP contribution in [0.15, 0.2) is 24.3 Å². The first-order valence-electron chi connectivity index (χ1n) is 2.84. The fourth-order valence-electron chi connectivity index (χ4n) is 0.643. The maximum atomic E-state index is 10.3. The Hall–Kier alpha value is -1.00. The van der Waals surface area contributed by atoms with Gasteiger partial charge in [0.25, 0.3) is 0 Å². The van der Waals surface area contributed by atoms with Crippen molar-refractivity contribution in [2.24, 2.45) is 0 Å². The van der Waals surface area contributed by atoms with Gasteiger partial charge >= 0.3 is 71.4 Å². The van der Waals surface area contributed by atoms with Crippen LogP contribution >= 0.6 is 0 Å². The van der Waals surface area contributed by atoms with Gasteiger partial charge < -0.3 is 0 Å². The quantitative estimate of drug-likeness (QED) is 0.773. The molecule has 1 N–H and O–H groups in total. The molecule has 0 aliphatic carbocycles. The molecule has 0 spiro atoms. The van der Waals surface area contributed by atoms with Crippen LogP contribution in [0.3, 0.4) is 0 Å². The van der Waals surface area contributed by atoms with Gasteiger partial charge in [-0.05, 0) is 0 Å². The zero-order valence-electron chi connectivity index (χ0n) is 5.41. The van der Waals surface area contributed by atoms with Gasteiger partial charge in [0.05, 0.1) is 0 Å². The molecule has 4 heteroatoms. The number of carbonyl (C=O) groups is 1. The van der Waals surface area contributed by atoms with E-state index in [2.05, 4.69) is 19.9 Å². The topological polar surface area (TPSA) is 46.5 Å². The molecular weight excluding hydrogens is 191 g/mol. The fraction of sp³-hybridized carbons (Fsp3) is 0. The SMILES string of the molecule is O=C(O)c1ccc([O][Co])cc1. The third-order valence-electron chi connectivity index (χ3n) is 1.18. The summed E-state index contributed by atoms with van der Waals surface area (Å²) in [5.74, 6) is -0.426. The van der Waals surface area contributed by atoms with Crippen molar-refractivity contribution in [1.82, 2.24) is 0 Å². The Morgan fingerprint density at radius 2 is 1.91 bits per heavy atom. The van der Waals surface area contributed by atoms with Gasteiger partial charge in [-0.15, -0.1) is 0 Å². The Bertz CT molecular complexity index is 255. The van der Waals surface area contributed by atoms with Gasteiger partial charge in [-0.2, -0.15) is 0 Å². The van der Waals surface area contributed by atoms with Crippen LogP contribution in [0.5, 0.6) is 5.75 Å². The molecule has 0 saturated carbocycles. The monoisotopic (exact) mass is 196 g/mol. The van der Waals surface area contributed by atoms with Gasteiger partial charge in [-0.25, -0.2) is 0 Å². The van der Waals surface area contributed by atoms with E-state index >= 15 is 0 Å². The minimum absolute atomic E-state index is 0.235. The summed E-state index contributed by atoms with van der Waals surface area (Å²) in [5.41, 5.74) is 0.235. The van der Waals surface area contributed by atoms with Crippen LogP contribution in [0.4, 0.5) is 0 Å². The summed E-state index contributed by atoms with van der Waals surface area (Å²) in [7, 11) is 0. The molecule has 1 rings (SSSR count). The van der Waals surface area contributed by atoms with Crippen molar-refractivity contribution in [2.75, 3.05) is 0 Å². The van der Waals surface area contributed by atoms with Crippen LogP contribution in [-0.2, 0) is 16.1 Å². The van der Waals surface area contributed by atoms with Crippen LogP contribution in [0.2, 0.25) is 0 Å². The molecule has 0 heterocycles. The van der Waals surface area contributed by atoms with E-state index in [0.717, 1.165) is 0 Å². The third-order valence-corrected chi connectivity index (χ3v) is 1.43. The normalized spacial score (nSPS) is 9.27. The zero-order chi connectivity index (χ0) is 8.27. The molecule has 0 fully saturated rings. The number of aromatic carboxylic acids is 1. The Labute approximate surface area is 71.9 Å². The summed E-state index contributed by atoms with van der Waals surface area (Å²) in [4.78, 5) is 10.3. The molecule has 0 amide bonds. The molecule has 0 unspecified atom stereocenters. The van der Waals surface area contributed by atoms with Gasteiger partial charge in [-0.3, -0.25) is 0 Å². The first-order valence-corrected chi connectivity index (χ1v) is 3.26. The van der Waals surface area contributed by atoms with Gasteiger partial charge in [0.15, 0.2) is 0 Å². The summed E-state index contributed by atoms with van der Waals surface area (Å²) in [6.07, 6.45) is 0. The molecule has 0 aromatic heterocycles. The fourth-order valence-corrected chi connectivity index (χ4v) is 0.785. The van der Waals surface area contributed by atoms with Crippen LogP contribution in [0, 0.1) is 0 Å². The van der Waals surface area contributed by atoms with Crippen molar-refractivity contribution in [1.29, 1.82) is 0 Å². The molecule has 0 aliphatic rings. The Kier molecular flexibility index (Phi) is 2.51. The van der Waals surface area contributed by atoms with Crippen LogP contribution in [0.1, 0.15) is 10.4 Å². The molecule has 0 bridgehead atoms. The molecule has 1 aromatic carbocycles. The summed E-state index contributed by atoms with van der Waals surface area (Å²) in [5, 5.41) is 8.49. The second-order valence-corrected chi connectivity index (χ2v) is 2.11. The van der Waals surface area contributed by atoms with Crippen molar-refractivity contribution in [2.45, 2.75) is 0 Å². The van der Waals surface area contributed by atoms with E-state index in [1.165, 1.54) is 24.3 Å². The summed E-state index contributed by atoms with van der Waals surface area (Å²) in [6, 6.07) is 5.98. The van der Waals surface area contributed by atoms with Crippen molar-refractivity contribution < 1.29 is 29.8 Å². The number of rotatable bonds is 2. The molecule has 0 saturated heterocycles. The van der Waals surface area contributed by atoms with E-state index in [1.807, 2.05) is 0 Å². The molecule has 1 aromatic rings. The number of carboxylic acid groups (broad SMARTS) is 1. The van der Waals surface area contributed by atoms with Crippen molar-refractivity contribution in [3.05, 3.63) is 29.8 Å². The van der Waals surface area contributed by atoms with Crippen LogP contribution < -0.4 is 3.85 Å². The molecule has 0 atom stereocenters. The van der Waals surface area contributed by atoms with Crippen molar-refractivity contribution >= 4 is 5.97 Å². The molecule has 0 aliphatic heterocycles. The molecular formula is C7H5CoO3. The van der Waals surface area contributed by atoms with E-state index in [9.17, 15) is 4.79 Å². The van der Waals surface area contributed by atoms with Gasteiger partial charge in [0.1, 0.15) is 0 Å². The Morgan fingerprint density at radius 3 is 2.27 bits per heavy atom. The summed E-state index contributed by atoms with van der Waals surface area (Å²) < 4.78 is 4.54. The number of carboxylic acids is 1. The van der Waals surface area contributed by atoms with Crippen molar-refractivity contribution in [3.8, 4) is 5.75 Å². The van der Waals surface area contributed by atoms with Crippen molar-refractivity contribution in [3.63, 3.8) is 0 Å². The van der Waals surface area contributed by atoms with Crippen LogP contribution in [-0.4, -0.2) is 11.1 Å². The van der Waals surface area contributed by atoms with E-state index in [4.69, 9.17) is 5.11 Å². The first kappa shape index (κ1) is 8.10. The Morgan fingerprint density at radius 1 is 1.36 bits per heavy atom. The molecule has 60 valence electrons. The van der Waals surface area contributed by atoms with Crippen LogP contribution in [0.25, 0.3) is 0 Å². The standard InChI is InChI=1S/C7H6O3.Co/c8-6-3-1-5(2-4-6)7(9)10;/h1-4,8H,(H,9,10);/q;+1/p-1. The second kappa shape index (κ2) is 3.41. The molecule has 3 nitrogen and oxygen atoms in total. The predicted octanol–water partition coefficient (Wildman–Crippen LogP) is 1.23. The van der Waals surface area contributed by atoms with Gasteiger partial charge in [-0.1, -0.05) is 0 Å². The summed E-state index contributed by atoms with van der Waals surface area (Å²) >= 11 is 3.59. The third kappa shape index (κ3) is 1.96. The molecule has 0 radical (unpaired) electrons. The summed E-state index contributed by atoms with van der Waals surface area (Å²) in [6.45, 7) is 0. The van der Waals surface area contributed by atoms with E-state index in [1.54, 1.807) is 0 Å². The van der Waals surface area contributed by atoms with Gasteiger partial charge in [0.2, 0.25) is 0 Å². The van der Waals surface area contributed by atoms with E-state index in [-0.39, 0.29) is 5.56 Å². The second-order valence-electron chi connectivity index (χ2n) is 1.90. The van der Waals surface area contributed by atoms with Gasteiger partial charge in [0, 0.05) is 0 Å². The Balaban J connectivity index is 2.91. The minimum atomic E-state index is -0.949. The number of benzene rings is 1. The maximum absolute atomic E-state index is 10.3. The first-order chi connectivity index (χ1) is 5.24. The van der Waals surface area contributed by atoms with E-state index < -0.39 is 5.97 Å². The average molecular weight is 196 g/mol. The zero-order valence-corrected chi connectivity index (χ0v) is 6.45. The average Bonchev–Trinajstić information content (AvgIpc) is 2.05. The van der Waals surface area contributed by atoms with E-state index in [0.29, 0.717) is 5.75 Å². The number of hydrogen-bond acceptors (Lipinski definition) is 2. The predicted molar refractivity (Wildman–Crippen MR) is 34.0 cm³/mol.